The molecule has 5 nitrogen and oxygen atoms in total. The quantitative estimate of drug-likeness (QED) is 0.671. The normalized spacial score (nSPS) is 21.2. The summed E-state index contributed by atoms with van der Waals surface area (Å²) in [5, 5.41) is 3.44. The van der Waals surface area contributed by atoms with Gasteiger partial charge in [0, 0.05) is 19.6 Å². The summed E-state index contributed by atoms with van der Waals surface area (Å²) in [6.45, 7) is 8.24. The number of hydrogen-bond acceptors (Lipinski definition) is 3. The van der Waals surface area contributed by atoms with Gasteiger partial charge in [-0.05, 0) is 51.9 Å². The molecule has 5 heteroatoms. The van der Waals surface area contributed by atoms with Gasteiger partial charge in [0.1, 0.15) is 5.76 Å². The zero-order chi connectivity index (χ0) is 15.9. The number of rotatable bonds is 5. The molecule has 22 heavy (non-hydrogen) atoms. The van der Waals surface area contributed by atoms with Crippen LogP contribution in [0.15, 0.2) is 27.8 Å². The van der Waals surface area contributed by atoms with E-state index in [4.69, 9.17) is 9.41 Å². The number of nitrogens with zero attached hydrogens (tertiary/aromatic N) is 3. The minimum Gasteiger partial charge on any atom is -0.468 e. The summed E-state index contributed by atoms with van der Waals surface area (Å²) >= 11 is 0. The SMILES string of the molecule is CCNC(=NCC(c1ccco1)N(C)C)N1CCCC(C)C1. The lowest BCUT2D eigenvalue weighted by Gasteiger charge is -2.34. The summed E-state index contributed by atoms with van der Waals surface area (Å²) in [4.78, 5) is 9.43. The molecular weight excluding hydrogens is 276 g/mol. The summed E-state index contributed by atoms with van der Waals surface area (Å²) in [6, 6.07) is 4.13. The highest BCUT2D eigenvalue weighted by Gasteiger charge is 2.21. The lowest BCUT2D eigenvalue weighted by atomic mass is 10.0. The molecule has 0 aromatic carbocycles. The van der Waals surface area contributed by atoms with Crippen molar-refractivity contribution >= 4 is 5.96 Å². The second-order valence-electron chi connectivity index (χ2n) is 6.38. The largest absolute Gasteiger partial charge is 0.468 e. The smallest absolute Gasteiger partial charge is 0.193 e. The zero-order valence-electron chi connectivity index (χ0n) is 14.4. The van der Waals surface area contributed by atoms with Crippen molar-refractivity contribution in [3.63, 3.8) is 0 Å². The number of likely N-dealkylation sites (N-methyl/N-ethyl adjacent to an activating group) is 1. The molecule has 0 spiro atoms. The van der Waals surface area contributed by atoms with Gasteiger partial charge in [0.05, 0.1) is 18.8 Å². The van der Waals surface area contributed by atoms with Crippen LogP contribution in [0.2, 0.25) is 0 Å². The fraction of sp³-hybridized carbons (Fsp3) is 0.706. The van der Waals surface area contributed by atoms with Crippen molar-refractivity contribution < 1.29 is 4.42 Å². The number of guanidine groups is 1. The van der Waals surface area contributed by atoms with E-state index >= 15 is 0 Å². The second kappa shape index (κ2) is 8.22. The van der Waals surface area contributed by atoms with Gasteiger partial charge in [-0.25, -0.2) is 0 Å². The Morgan fingerprint density at radius 3 is 2.95 bits per heavy atom. The maximum Gasteiger partial charge on any atom is 0.193 e. The van der Waals surface area contributed by atoms with Crippen molar-refractivity contribution in [2.24, 2.45) is 10.9 Å². The fourth-order valence-corrected chi connectivity index (χ4v) is 2.97. The van der Waals surface area contributed by atoms with Crippen molar-refractivity contribution in [3.8, 4) is 0 Å². The van der Waals surface area contributed by atoms with Crippen molar-refractivity contribution in [3.05, 3.63) is 24.2 Å². The van der Waals surface area contributed by atoms with E-state index in [0.29, 0.717) is 6.54 Å². The van der Waals surface area contributed by atoms with E-state index < -0.39 is 0 Å². The van der Waals surface area contributed by atoms with Crippen LogP contribution in [0, 0.1) is 5.92 Å². The molecule has 1 aliphatic rings. The van der Waals surface area contributed by atoms with Crippen molar-refractivity contribution in [2.75, 3.05) is 40.3 Å². The monoisotopic (exact) mass is 306 g/mol. The van der Waals surface area contributed by atoms with Gasteiger partial charge in [-0.15, -0.1) is 0 Å². The van der Waals surface area contributed by atoms with Crippen molar-refractivity contribution in [1.29, 1.82) is 0 Å². The summed E-state index contributed by atoms with van der Waals surface area (Å²) in [5.74, 6) is 2.75. The molecule has 0 aliphatic carbocycles. The van der Waals surface area contributed by atoms with Crippen LogP contribution in [0.1, 0.15) is 38.5 Å². The third kappa shape index (κ3) is 4.50. The molecule has 0 bridgehead atoms. The van der Waals surface area contributed by atoms with Crippen LogP contribution >= 0.6 is 0 Å². The van der Waals surface area contributed by atoms with Gasteiger partial charge in [-0.3, -0.25) is 9.89 Å². The summed E-state index contributed by atoms with van der Waals surface area (Å²) in [6.07, 6.45) is 4.30. The van der Waals surface area contributed by atoms with E-state index in [2.05, 4.69) is 43.1 Å². The van der Waals surface area contributed by atoms with Gasteiger partial charge >= 0.3 is 0 Å². The number of aliphatic imine (C=N–C) groups is 1. The van der Waals surface area contributed by atoms with E-state index in [-0.39, 0.29) is 6.04 Å². The van der Waals surface area contributed by atoms with E-state index in [1.54, 1.807) is 6.26 Å². The van der Waals surface area contributed by atoms with Crippen LogP contribution in [0.5, 0.6) is 0 Å². The van der Waals surface area contributed by atoms with Crippen LogP contribution in [-0.2, 0) is 0 Å². The van der Waals surface area contributed by atoms with Gasteiger partial charge < -0.3 is 14.6 Å². The lowest BCUT2D eigenvalue weighted by Crippen LogP contribution is -2.46. The average molecular weight is 306 g/mol. The molecule has 2 unspecified atom stereocenters. The van der Waals surface area contributed by atoms with Crippen LogP contribution < -0.4 is 5.32 Å². The molecular formula is C17H30N4O. The Labute approximate surface area is 134 Å². The van der Waals surface area contributed by atoms with Crippen molar-refractivity contribution in [1.82, 2.24) is 15.1 Å². The molecule has 1 aliphatic heterocycles. The predicted octanol–water partition coefficient (Wildman–Crippen LogP) is 2.58. The van der Waals surface area contributed by atoms with E-state index in [9.17, 15) is 0 Å². The number of hydrogen-bond donors (Lipinski definition) is 1. The van der Waals surface area contributed by atoms with Crippen LogP contribution in [0.4, 0.5) is 0 Å². The number of nitrogens with one attached hydrogen (secondary N) is 1. The molecule has 0 radical (unpaired) electrons. The summed E-state index contributed by atoms with van der Waals surface area (Å²) in [5.41, 5.74) is 0. The highest BCUT2D eigenvalue weighted by atomic mass is 16.3. The van der Waals surface area contributed by atoms with Gasteiger partial charge in [-0.1, -0.05) is 6.92 Å². The maximum atomic E-state index is 5.57. The second-order valence-corrected chi connectivity index (χ2v) is 6.38. The van der Waals surface area contributed by atoms with Gasteiger partial charge in [-0.2, -0.15) is 0 Å². The molecule has 1 N–H and O–H groups in total. The number of furan rings is 1. The van der Waals surface area contributed by atoms with Crippen molar-refractivity contribution in [2.45, 2.75) is 32.7 Å². The van der Waals surface area contributed by atoms with Crippen LogP contribution in [0.3, 0.4) is 0 Å². The third-order valence-electron chi connectivity index (χ3n) is 4.20. The Balaban J connectivity index is 2.07. The Morgan fingerprint density at radius 1 is 1.55 bits per heavy atom. The Kier molecular flexibility index (Phi) is 6.31. The molecule has 2 heterocycles. The Bertz CT molecular complexity index is 455. The Hall–Kier alpha value is -1.49. The van der Waals surface area contributed by atoms with Gasteiger partial charge in [0.15, 0.2) is 5.96 Å². The molecule has 124 valence electrons. The third-order valence-corrected chi connectivity index (χ3v) is 4.20. The standard InChI is InChI=1S/C17H30N4O/c1-5-18-17(21-10-6-8-14(2)13-21)19-12-15(20(3)4)16-9-7-11-22-16/h7,9,11,14-15H,5-6,8,10,12-13H2,1-4H3,(H,18,19). The van der Waals surface area contributed by atoms with Crippen LogP contribution in [0.25, 0.3) is 0 Å². The highest BCUT2D eigenvalue weighted by molar-refractivity contribution is 5.80. The first kappa shape index (κ1) is 16.9. The lowest BCUT2D eigenvalue weighted by molar-refractivity contribution is 0.254. The summed E-state index contributed by atoms with van der Waals surface area (Å²) < 4.78 is 5.57. The Morgan fingerprint density at radius 2 is 2.36 bits per heavy atom. The first-order valence-corrected chi connectivity index (χ1v) is 8.35. The minimum atomic E-state index is 0.172. The fourth-order valence-electron chi connectivity index (χ4n) is 2.97. The summed E-state index contributed by atoms with van der Waals surface area (Å²) in [7, 11) is 4.14. The molecule has 1 aromatic heterocycles. The van der Waals surface area contributed by atoms with Gasteiger partial charge in [0.25, 0.3) is 0 Å². The molecule has 1 fully saturated rings. The first-order valence-electron chi connectivity index (χ1n) is 8.35. The number of piperidine rings is 1. The van der Waals surface area contributed by atoms with E-state index in [0.717, 1.165) is 37.3 Å². The average Bonchev–Trinajstić information content (AvgIpc) is 3.00. The zero-order valence-corrected chi connectivity index (χ0v) is 14.4. The van der Waals surface area contributed by atoms with Crippen LogP contribution in [-0.4, -0.2) is 56.0 Å². The van der Waals surface area contributed by atoms with E-state index in [1.807, 2.05) is 12.1 Å². The molecule has 1 aromatic rings. The predicted molar refractivity (Wildman–Crippen MR) is 91.1 cm³/mol. The molecule has 0 saturated carbocycles. The maximum absolute atomic E-state index is 5.57. The number of likely N-dealkylation sites (tertiary alicyclic amines) is 1. The molecule has 2 rings (SSSR count). The van der Waals surface area contributed by atoms with Gasteiger partial charge in [0.2, 0.25) is 0 Å². The topological polar surface area (TPSA) is 44.0 Å². The molecule has 0 amide bonds. The molecule has 1 saturated heterocycles. The highest BCUT2D eigenvalue weighted by Crippen LogP contribution is 2.20. The minimum absolute atomic E-state index is 0.172. The van der Waals surface area contributed by atoms with E-state index in [1.165, 1.54) is 12.8 Å². The molecule has 2 atom stereocenters. The first-order chi connectivity index (χ1) is 10.6.